The van der Waals surface area contributed by atoms with Crippen LogP contribution >= 0.6 is 11.6 Å². The molecule has 2 heterocycles. The van der Waals surface area contributed by atoms with Crippen LogP contribution in [0.25, 0.3) is 5.69 Å². The number of pyridine rings is 1. The van der Waals surface area contributed by atoms with Crippen LogP contribution in [0, 0.1) is 0 Å². The topological polar surface area (TPSA) is 51.0 Å². The summed E-state index contributed by atoms with van der Waals surface area (Å²) in [7, 11) is 0. The monoisotopic (exact) mass is 326 g/mol. The molecular formula is C17H15ClN4O. The van der Waals surface area contributed by atoms with Crippen LogP contribution in [0.1, 0.15) is 17.4 Å². The summed E-state index contributed by atoms with van der Waals surface area (Å²) in [4.78, 5) is 18.3. The summed E-state index contributed by atoms with van der Waals surface area (Å²) in [6.45, 7) is 2.47. The Labute approximate surface area is 139 Å². The Kier molecular flexibility index (Phi) is 4.39. The number of carbonyl (C=O) groups is 1. The quantitative estimate of drug-likeness (QED) is 0.736. The third-order valence-electron chi connectivity index (χ3n) is 3.42. The molecule has 5 nitrogen and oxygen atoms in total. The summed E-state index contributed by atoms with van der Waals surface area (Å²) < 4.78 is 1.64. The molecule has 0 fully saturated rings. The highest BCUT2D eigenvalue weighted by Crippen LogP contribution is 2.17. The van der Waals surface area contributed by atoms with Crippen molar-refractivity contribution in [2.24, 2.45) is 0 Å². The van der Waals surface area contributed by atoms with Gasteiger partial charge in [0.1, 0.15) is 0 Å². The number of hydrogen-bond donors (Lipinski definition) is 0. The second-order valence-electron chi connectivity index (χ2n) is 4.88. The number of benzene rings is 1. The first-order valence-electron chi connectivity index (χ1n) is 7.22. The van der Waals surface area contributed by atoms with E-state index in [4.69, 9.17) is 11.6 Å². The van der Waals surface area contributed by atoms with Crippen LogP contribution < -0.4 is 4.90 Å². The Hall–Kier alpha value is -2.66. The Bertz CT molecular complexity index is 816. The van der Waals surface area contributed by atoms with Gasteiger partial charge in [0.15, 0.2) is 5.69 Å². The number of carbonyl (C=O) groups excluding carboxylic acids is 1. The SMILES string of the molecule is CCN(C(=O)c1ccn(-c2cccc(Cl)c2)n1)c1ccncc1. The van der Waals surface area contributed by atoms with Gasteiger partial charge in [-0.25, -0.2) is 4.68 Å². The molecular weight excluding hydrogens is 312 g/mol. The van der Waals surface area contributed by atoms with Crippen molar-refractivity contribution in [3.05, 3.63) is 71.8 Å². The van der Waals surface area contributed by atoms with Crippen molar-refractivity contribution in [3.8, 4) is 5.69 Å². The van der Waals surface area contributed by atoms with Gasteiger partial charge in [0, 0.05) is 35.8 Å². The van der Waals surface area contributed by atoms with Gasteiger partial charge in [-0.2, -0.15) is 5.10 Å². The van der Waals surface area contributed by atoms with E-state index in [1.165, 1.54) is 0 Å². The minimum Gasteiger partial charge on any atom is -0.307 e. The number of halogens is 1. The van der Waals surface area contributed by atoms with Crippen LogP contribution in [0.2, 0.25) is 5.02 Å². The van der Waals surface area contributed by atoms with E-state index in [0.29, 0.717) is 17.3 Å². The highest BCUT2D eigenvalue weighted by Gasteiger charge is 2.18. The van der Waals surface area contributed by atoms with E-state index in [2.05, 4.69) is 10.1 Å². The maximum Gasteiger partial charge on any atom is 0.278 e. The lowest BCUT2D eigenvalue weighted by molar-refractivity contribution is 0.0983. The molecule has 0 saturated carbocycles. The number of aromatic nitrogens is 3. The first-order chi connectivity index (χ1) is 11.2. The Morgan fingerprint density at radius 2 is 2.00 bits per heavy atom. The van der Waals surface area contributed by atoms with Gasteiger partial charge in [-0.15, -0.1) is 0 Å². The van der Waals surface area contributed by atoms with Crippen LogP contribution in [0.5, 0.6) is 0 Å². The van der Waals surface area contributed by atoms with Crippen LogP contribution in [0.4, 0.5) is 5.69 Å². The van der Waals surface area contributed by atoms with Gasteiger partial charge in [0.25, 0.3) is 5.91 Å². The fourth-order valence-corrected chi connectivity index (χ4v) is 2.49. The number of amides is 1. The molecule has 0 aliphatic carbocycles. The standard InChI is InChI=1S/C17H15ClN4O/c1-2-21(14-6-9-19-10-7-14)17(23)16-8-11-22(20-16)15-5-3-4-13(18)12-15/h3-12H,2H2,1H3. The van der Waals surface area contributed by atoms with Crippen LogP contribution in [-0.4, -0.2) is 27.2 Å². The first-order valence-corrected chi connectivity index (χ1v) is 7.60. The molecule has 0 aliphatic heterocycles. The van der Waals surface area contributed by atoms with Crippen molar-refractivity contribution >= 4 is 23.2 Å². The first kappa shape index (κ1) is 15.2. The lowest BCUT2D eigenvalue weighted by Gasteiger charge is -2.19. The van der Waals surface area contributed by atoms with E-state index in [1.54, 1.807) is 58.5 Å². The normalized spacial score (nSPS) is 10.5. The van der Waals surface area contributed by atoms with Gasteiger partial charge < -0.3 is 4.90 Å². The molecule has 1 amide bonds. The molecule has 23 heavy (non-hydrogen) atoms. The minimum atomic E-state index is -0.153. The molecule has 0 radical (unpaired) electrons. The summed E-state index contributed by atoms with van der Waals surface area (Å²) in [6.07, 6.45) is 5.07. The molecule has 3 rings (SSSR count). The van der Waals surface area contributed by atoms with Crippen molar-refractivity contribution in [3.63, 3.8) is 0 Å². The van der Waals surface area contributed by atoms with Gasteiger partial charge in [-0.1, -0.05) is 17.7 Å². The van der Waals surface area contributed by atoms with Crippen LogP contribution in [0.3, 0.4) is 0 Å². The lowest BCUT2D eigenvalue weighted by Crippen LogP contribution is -2.31. The average molecular weight is 327 g/mol. The fraction of sp³-hybridized carbons (Fsp3) is 0.118. The third-order valence-corrected chi connectivity index (χ3v) is 3.65. The Balaban J connectivity index is 1.89. The third kappa shape index (κ3) is 3.24. The lowest BCUT2D eigenvalue weighted by atomic mass is 10.3. The number of anilines is 1. The zero-order valence-electron chi connectivity index (χ0n) is 12.6. The van der Waals surface area contributed by atoms with Crippen molar-refractivity contribution in [2.45, 2.75) is 6.92 Å². The predicted molar refractivity (Wildman–Crippen MR) is 90.2 cm³/mol. The van der Waals surface area contributed by atoms with E-state index in [-0.39, 0.29) is 5.91 Å². The second kappa shape index (κ2) is 6.62. The summed E-state index contributed by atoms with van der Waals surface area (Å²) in [6, 6.07) is 12.6. The molecule has 0 spiro atoms. The Morgan fingerprint density at radius 3 is 2.70 bits per heavy atom. The van der Waals surface area contributed by atoms with Gasteiger partial charge in [-0.05, 0) is 43.3 Å². The van der Waals surface area contributed by atoms with Gasteiger partial charge in [0.05, 0.1) is 5.69 Å². The van der Waals surface area contributed by atoms with Gasteiger partial charge in [0.2, 0.25) is 0 Å². The maximum absolute atomic E-state index is 12.7. The van der Waals surface area contributed by atoms with E-state index in [0.717, 1.165) is 11.4 Å². The van der Waals surface area contributed by atoms with Crippen molar-refractivity contribution in [2.75, 3.05) is 11.4 Å². The van der Waals surface area contributed by atoms with Crippen LogP contribution in [-0.2, 0) is 0 Å². The van der Waals surface area contributed by atoms with Gasteiger partial charge >= 0.3 is 0 Å². The largest absolute Gasteiger partial charge is 0.307 e. The molecule has 0 atom stereocenters. The molecule has 0 bridgehead atoms. The minimum absolute atomic E-state index is 0.153. The van der Waals surface area contributed by atoms with Crippen LogP contribution in [0.15, 0.2) is 61.1 Å². The Morgan fingerprint density at radius 1 is 1.22 bits per heavy atom. The summed E-state index contributed by atoms with van der Waals surface area (Å²) in [5.74, 6) is -0.153. The van der Waals surface area contributed by atoms with Crippen molar-refractivity contribution < 1.29 is 4.79 Å². The summed E-state index contributed by atoms with van der Waals surface area (Å²) in [5.41, 5.74) is 1.98. The molecule has 2 aromatic heterocycles. The average Bonchev–Trinajstić information content (AvgIpc) is 3.06. The highest BCUT2D eigenvalue weighted by molar-refractivity contribution is 6.30. The zero-order chi connectivity index (χ0) is 16.2. The van der Waals surface area contributed by atoms with E-state index in [1.807, 2.05) is 19.1 Å². The molecule has 0 unspecified atom stereocenters. The van der Waals surface area contributed by atoms with E-state index >= 15 is 0 Å². The number of rotatable bonds is 4. The predicted octanol–water partition coefficient (Wildman–Crippen LogP) is 3.59. The zero-order valence-corrected chi connectivity index (χ0v) is 13.3. The molecule has 1 aromatic carbocycles. The smallest absolute Gasteiger partial charge is 0.278 e. The van der Waals surface area contributed by atoms with Crippen molar-refractivity contribution in [1.82, 2.24) is 14.8 Å². The molecule has 0 N–H and O–H groups in total. The summed E-state index contributed by atoms with van der Waals surface area (Å²) in [5, 5.41) is 4.99. The molecule has 0 saturated heterocycles. The number of hydrogen-bond acceptors (Lipinski definition) is 3. The van der Waals surface area contributed by atoms with Crippen molar-refractivity contribution in [1.29, 1.82) is 0 Å². The maximum atomic E-state index is 12.7. The second-order valence-corrected chi connectivity index (χ2v) is 5.32. The summed E-state index contributed by atoms with van der Waals surface area (Å²) >= 11 is 5.99. The fourth-order valence-electron chi connectivity index (χ4n) is 2.31. The molecule has 6 heteroatoms. The highest BCUT2D eigenvalue weighted by atomic mass is 35.5. The molecule has 3 aromatic rings. The van der Waals surface area contributed by atoms with E-state index in [9.17, 15) is 4.79 Å². The molecule has 0 aliphatic rings. The molecule has 116 valence electrons. The number of nitrogens with zero attached hydrogens (tertiary/aromatic N) is 4. The van der Waals surface area contributed by atoms with Gasteiger partial charge in [-0.3, -0.25) is 9.78 Å². The van der Waals surface area contributed by atoms with E-state index < -0.39 is 0 Å².